The summed E-state index contributed by atoms with van der Waals surface area (Å²) in [6.07, 6.45) is 1.86. The summed E-state index contributed by atoms with van der Waals surface area (Å²) >= 11 is 0. The van der Waals surface area contributed by atoms with Gasteiger partial charge in [0.1, 0.15) is 22.8 Å². The maximum atomic E-state index is 13.9. The number of likely N-dealkylation sites (N-methyl/N-ethyl adjacent to an activating group) is 1. The number of carbonyl (C=O) groups excluding carboxylic acids is 4. The third kappa shape index (κ3) is 4.89. The van der Waals surface area contributed by atoms with Crippen molar-refractivity contribution in [2.24, 2.45) is 17.6 Å². The second kappa shape index (κ2) is 11.3. The number of ketones is 2. The minimum atomic E-state index is -2.80. The lowest BCUT2D eigenvalue weighted by Gasteiger charge is -2.48. The topological polar surface area (TPSA) is 194 Å². The molecule has 4 rings (SSSR count). The lowest BCUT2D eigenvalue weighted by molar-refractivity contribution is -0.149. The molecular weight excluding hydrogens is 532 g/mol. The van der Waals surface area contributed by atoms with Gasteiger partial charge in [-0.1, -0.05) is 13.8 Å². The van der Waals surface area contributed by atoms with Crippen LogP contribution in [0.4, 0.5) is 5.69 Å². The fourth-order valence-corrected chi connectivity index (χ4v) is 6.39. The number of benzene rings is 1. The summed E-state index contributed by atoms with van der Waals surface area (Å²) < 4.78 is 0. The van der Waals surface area contributed by atoms with Crippen molar-refractivity contribution >= 4 is 34.8 Å². The number of aliphatic hydroxyl groups excluding tert-OH is 2. The zero-order chi connectivity index (χ0) is 30.4. The van der Waals surface area contributed by atoms with E-state index in [9.17, 15) is 39.6 Å². The molecule has 0 radical (unpaired) electrons. The summed E-state index contributed by atoms with van der Waals surface area (Å²) in [6.45, 7) is 5.34. The molecule has 4 atom stereocenters. The number of fused-ring (bicyclic) bond motifs is 3. The van der Waals surface area contributed by atoms with Crippen LogP contribution in [0.15, 0.2) is 29.0 Å². The minimum absolute atomic E-state index is 0.0632. The smallest absolute Gasteiger partial charge is 0.265 e. The van der Waals surface area contributed by atoms with E-state index >= 15 is 0 Å². The molecule has 0 aliphatic heterocycles. The van der Waals surface area contributed by atoms with E-state index in [-0.39, 0.29) is 36.3 Å². The van der Waals surface area contributed by atoms with Gasteiger partial charge in [0.2, 0.25) is 11.7 Å². The number of nitrogens with one attached hydrogen (secondary N) is 1. The van der Waals surface area contributed by atoms with Gasteiger partial charge in [-0.3, -0.25) is 24.5 Å². The van der Waals surface area contributed by atoms with E-state index in [4.69, 9.17) is 5.73 Å². The van der Waals surface area contributed by atoms with E-state index in [2.05, 4.69) is 4.90 Å². The Balaban J connectivity index is 1.83. The molecule has 0 bridgehead atoms. The van der Waals surface area contributed by atoms with Crippen molar-refractivity contribution in [1.82, 2.24) is 10.2 Å². The molecule has 0 heterocycles. The van der Waals surface area contributed by atoms with Gasteiger partial charge in [-0.15, -0.1) is 0 Å². The number of carbonyl (C=O) groups is 4. The Morgan fingerprint density at radius 2 is 1.73 bits per heavy atom. The van der Waals surface area contributed by atoms with Crippen LogP contribution in [0.2, 0.25) is 0 Å². The van der Waals surface area contributed by atoms with Crippen molar-refractivity contribution in [3.8, 4) is 5.75 Å². The van der Waals surface area contributed by atoms with Crippen LogP contribution in [0.3, 0.4) is 0 Å². The Kier molecular flexibility index (Phi) is 8.30. The van der Waals surface area contributed by atoms with E-state index in [1.807, 2.05) is 19.2 Å². The van der Waals surface area contributed by atoms with Gasteiger partial charge in [0.05, 0.1) is 18.2 Å². The lowest BCUT2D eigenvalue weighted by Crippen LogP contribution is -2.65. The summed E-state index contributed by atoms with van der Waals surface area (Å²) in [6, 6.07) is 1.66. The lowest BCUT2D eigenvalue weighted by atomic mass is 9.58. The molecule has 12 heteroatoms. The summed E-state index contributed by atoms with van der Waals surface area (Å²) in [5.74, 6) is -8.19. The SMILES string of the molecule is CCCN(CCC)c1ccc(O)c2c1CC1CC3C(N)C(=O)C(C(=O)NC(=O)CN(C)C)=C(O)C3(O)C(=O)C1=C2O. The minimum Gasteiger partial charge on any atom is -0.508 e. The summed E-state index contributed by atoms with van der Waals surface area (Å²) in [7, 11) is 3.17. The predicted octanol–water partition coefficient (Wildman–Crippen LogP) is 0.707. The second-order valence-corrected chi connectivity index (χ2v) is 11.3. The normalized spacial score (nSPS) is 25.6. The van der Waals surface area contributed by atoms with E-state index in [1.165, 1.54) is 11.0 Å². The molecule has 0 spiro atoms. The highest BCUT2D eigenvalue weighted by Crippen LogP contribution is 2.52. The first-order chi connectivity index (χ1) is 19.3. The fourth-order valence-electron chi connectivity index (χ4n) is 6.39. The van der Waals surface area contributed by atoms with Crippen LogP contribution >= 0.6 is 0 Å². The number of phenolic OH excluding ortho intramolecular Hbond substituents is 1. The number of Topliss-reactive ketones (excluding diaryl/α,β-unsaturated/α-hetero) is 2. The highest BCUT2D eigenvalue weighted by atomic mass is 16.3. The van der Waals surface area contributed by atoms with Crippen LogP contribution in [0.1, 0.15) is 44.2 Å². The highest BCUT2D eigenvalue weighted by molar-refractivity contribution is 6.27. The van der Waals surface area contributed by atoms with E-state index in [0.29, 0.717) is 5.56 Å². The Morgan fingerprint density at radius 3 is 2.32 bits per heavy atom. The number of nitrogens with zero attached hydrogens (tertiary/aromatic N) is 2. The van der Waals surface area contributed by atoms with E-state index in [1.54, 1.807) is 20.2 Å². The number of phenols is 1. The van der Waals surface area contributed by atoms with Gasteiger partial charge >= 0.3 is 0 Å². The first kappa shape index (κ1) is 30.2. The average molecular weight is 571 g/mol. The van der Waals surface area contributed by atoms with Crippen molar-refractivity contribution in [3.63, 3.8) is 0 Å². The molecule has 0 saturated heterocycles. The van der Waals surface area contributed by atoms with Crippen LogP contribution in [-0.2, 0) is 25.6 Å². The van der Waals surface area contributed by atoms with Gasteiger partial charge in [0, 0.05) is 30.3 Å². The standard InChI is InChI=1S/C29H38N4O8/c1-5-9-33(10-6-2)17-7-8-18(34)21-15(17)11-14-12-16-23(30)25(37)22(28(40)31-19(35)13-32(3)4)27(39)29(16,41)26(38)20(14)24(21)36/h7-8,14,16,23,34,36,39,41H,5-6,9-13,30H2,1-4H3,(H,31,35,40). The van der Waals surface area contributed by atoms with Gasteiger partial charge < -0.3 is 36.0 Å². The van der Waals surface area contributed by atoms with Crippen molar-refractivity contribution in [3.05, 3.63) is 40.2 Å². The Morgan fingerprint density at radius 1 is 1.10 bits per heavy atom. The summed E-state index contributed by atoms with van der Waals surface area (Å²) in [5, 5.41) is 46.9. The van der Waals surface area contributed by atoms with Crippen molar-refractivity contribution in [2.75, 3.05) is 38.6 Å². The molecule has 7 N–H and O–H groups in total. The number of imide groups is 1. The molecule has 1 fully saturated rings. The van der Waals surface area contributed by atoms with Crippen LogP contribution in [0, 0.1) is 11.8 Å². The van der Waals surface area contributed by atoms with Crippen LogP contribution in [-0.4, -0.2) is 94.1 Å². The van der Waals surface area contributed by atoms with Gasteiger partial charge in [0.25, 0.3) is 5.91 Å². The second-order valence-electron chi connectivity index (χ2n) is 11.3. The number of hydrogen-bond donors (Lipinski definition) is 6. The van der Waals surface area contributed by atoms with Crippen LogP contribution < -0.4 is 16.0 Å². The summed E-state index contributed by atoms with van der Waals surface area (Å²) in [4.78, 5) is 55.8. The molecule has 1 saturated carbocycles. The largest absolute Gasteiger partial charge is 0.508 e. The van der Waals surface area contributed by atoms with Crippen LogP contribution in [0.5, 0.6) is 5.75 Å². The first-order valence-corrected chi connectivity index (χ1v) is 13.8. The predicted molar refractivity (Wildman–Crippen MR) is 150 cm³/mol. The molecule has 0 aromatic heterocycles. The molecule has 222 valence electrons. The molecule has 3 aliphatic rings. The van der Waals surface area contributed by atoms with Gasteiger partial charge in [0.15, 0.2) is 11.4 Å². The number of rotatable bonds is 8. The molecule has 3 aliphatic carbocycles. The first-order valence-electron chi connectivity index (χ1n) is 13.8. The zero-order valence-corrected chi connectivity index (χ0v) is 23.7. The molecule has 41 heavy (non-hydrogen) atoms. The number of aliphatic hydroxyl groups is 3. The molecule has 4 unspecified atom stereocenters. The molecule has 2 amide bonds. The number of hydrogen-bond acceptors (Lipinski definition) is 11. The maximum absolute atomic E-state index is 13.9. The Bertz CT molecular complexity index is 1360. The number of anilines is 1. The average Bonchev–Trinajstić information content (AvgIpc) is 2.89. The number of aromatic hydroxyl groups is 1. The maximum Gasteiger partial charge on any atom is 0.265 e. The quantitative estimate of drug-likeness (QED) is 0.241. The van der Waals surface area contributed by atoms with E-state index < -0.39 is 64.0 Å². The number of nitrogens with two attached hydrogens (primary N) is 1. The van der Waals surface area contributed by atoms with Crippen molar-refractivity contribution < 1.29 is 39.6 Å². The van der Waals surface area contributed by atoms with Crippen molar-refractivity contribution in [2.45, 2.75) is 51.2 Å². The van der Waals surface area contributed by atoms with Gasteiger partial charge in [-0.05, 0) is 63.4 Å². The van der Waals surface area contributed by atoms with Gasteiger partial charge in [-0.2, -0.15) is 0 Å². The molecule has 1 aromatic carbocycles. The fraction of sp³-hybridized carbons (Fsp3) is 0.517. The van der Waals surface area contributed by atoms with Crippen molar-refractivity contribution in [1.29, 1.82) is 0 Å². The molecule has 1 aromatic rings. The number of amides is 2. The third-order valence-electron chi connectivity index (χ3n) is 8.13. The molecule has 12 nitrogen and oxygen atoms in total. The third-order valence-corrected chi connectivity index (χ3v) is 8.13. The summed E-state index contributed by atoms with van der Waals surface area (Å²) in [5.41, 5.74) is 3.70. The van der Waals surface area contributed by atoms with Crippen LogP contribution in [0.25, 0.3) is 5.76 Å². The van der Waals surface area contributed by atoms with Gasteiger partial charge in [-0.25, -0.2) is 0 Å². The highest BCUT2D eigenvalue weighted by Gasteiger charge is 2.63. The Hall–Kier alpha value is -3.74. The van der Waals surface area contributed by atoms with E-state index in [0.717, 1.165) is 31.6 Å². The zero-order valence-electron chi connectivity index (χ0n) is 23.7. The monoisotopic (exact) mass is 570 g/mol. The Labute approximate surface area is 238 Å². The molecular formula is C29H38N4O8.